The number of nitrogens with zero attached hydrogens (tertiary/aromatic N) is 6. The Morgan fingerprint density at radius 1 is 1.00 bits per heavy atom. The van der Waals surface area contributed by atoms with Crippen LogP contribution in [0, 0.1) is 0 Å². The lowest BCUT2D eigenvalue weighted by Gasteiger charge is -2.39. The van der Waals surface area contributed by atoms with E-state index < -0.39 is 11.9 Å². The first kappa shape index (κ1) is 19.8. The van der Waals surface area contributed by atoms with Crippen molar-refractivity contribution in [1.82, 2.24) is 24.4 Å². The molecule has 1 saturated heterocycles. The molecule has 0 unspecified atom stereocenters. The van der Waals surface area contributed by atoms with Gasteiger partial charge in [-0.25, -0.2) is 15.0 Å². The average molecular weight is 420 g/mol. The molecule has 2 aromatic rings. The third kappa shape index (κ3) is 4.17. The zero-order chi connectivity index (χ0) is 20.7. The molecule has 0 amide bonds. The second-order valence-electron chi connectivity index (χ2n) is 8.70. The van der Waals surface area contributed by atoms with Crippen LogP contribution in [-0.4, -0.2) is 49.6 Å². The number of rotatable bonds is 5. The second kappa shape index (κ2) is 7.83. The predicted molar refractivity (Wildman–Crippen MR) is 106 cm³/mol. The molecule has 2 aliphatic heterocycles. The molecule has 0 atom stereocenters. The van der Waals surface area contributed by atoms with Gasteiger partial charge in [-0.05, 0) is 38.5 Å². The molecule has 0 N–H and O–H groups in total. The molecule has 162 valence electrons. The van der Waals surface area contributed by atoms with Gasteiger partial charge in [0, 0.05) is 56.9 Å². The number of anilines is 1. The van der Waals surface area contributed by atoms with Crippen molar-refractivity contribution < 1.29 is 13.2 Å². The molecule has 0 aromatic carbocycles. The van der Waals surface area contributed by atoms with Crippen LogP contribution in [0.4, 0.5) is 19.0 Å². The van der Waals surface area contributed by atoms with E-state index in [0.29, 0.717) is 11.9 Å². The van der Waals surface area contributed by atoms with E-state index in [-0.39, 0.29) is 6.04 Å². The number of piperidine rings is 1. The maximum atomic E-state index is 13.1. The van der Waals surface area contributed by atoms with Gasteiger partial charge in [0.15, 0.2) is 0 Å². The summed E-state index contributed by atoms with van der Waals surface area (Å²) in [5, 5.41) is 0. The lowest BCUT2D eigenvalue weighted by Crippen LogP contribution is -2.46. The van der Waals surface area contributed by atoms with Crippen LogP contribution in [0.25, 0.3) is 0 Å². The van der Waals surface area contributed by atoms with Crippen molar-refractivity contribution in [2.24, 2.45) is 0 Å². The van der Waals surface area contributed by atoms with Crippen LogP contribution in [0.15, 0.2) is 18.6 Å². The van der Waals surface area contributed by atoms with Gasteiger partial charge in [-0.15, -0.1) is 0 Å². The molecule has 30 heavy (non-hydrogen) atoms. The maximum Gasteiger partial charge on any atom is 0.433 e. The number of alkyl halides is 3. The first-order valence-electron chi connectivity index (χ1n) is 10.9. The number of aryl methyl sites for hydroxylation is 2. The molecular weight excluding hydrogens is 393 g/mol. The van der Waals surface area contributed by atoms with Gasteiger partial charge in [0.05, 0.1) is 5.69 Å². The number of halogens is 3. The highest BCUT2D eigenvalue weighted by atomic mass is 19.4. The highest BCUT2D eigenvalue weighted by Gasteiger charge is 2.39. The summed E-state index contributed by atoms with van der Waals surface area (Å²) in [5.41, 5.74) is 0.273. The highest BCUT2D eigenvalue weighted by Crippen LogP contribution is 2.37. The van der Waals surface area contributed by atoms with E-state index in [1.807, 2.05) is 0 Å². The van der Waals surface area contributed by atoms with Crippen molar-refractivity contribution in [3.63, 3.8) is 0 Å². The van der Waals surface area contributed by atoms with E-state index in [1.165, 1.54) is 18.7 Å². The van der Waals surface area contributed by atoms with Crippen molar-refractivity contribution in [1.29, 1.82) is 0 Å². The van der Waals surface area contributed by atoms with E-state index >= 15 is 0 Å². The number of imidazole rings is 1. The summed E-state index contributed by atoms with van der Waals surface area (Å²) in [5.74, 6) is 1.62. The van der Waals surface area contributed by atoms with Crippen LogP contribution in [0.5, 0.6) is 0 Å². The number of aromatic nitrogens is 4. The highest BCUT2D eigenvalue weighted by molar-refractivity contribution is 5.44. The summed E-state index contributed by atoms with van der Waals surface area (Å²) < 4.78 is 41.6. The molecule has 1 saturated carbocycles. The zero-order valence-corrected chi connectivity index (χ0v) is 17.0. The summed E-state index contributed by atoms with van der Waals surface area (Å²) >= 11 is 0. The number of hydrogen-bond acceptors (Lipinski definition) is 5. The Morgan fingerprint density at radius 2 is 1.77 bits per heavy atom. The summed E-state index contributed by atoms with van der Waals surface area (Å²) in [6.45, 7) is 3.77. The average Bonchev–Trinajstić information content (AvgIpc) is 3.47. The van der Waals surface area contributed by atoms with Gasteiger partial charge in [0.2, 0.25) is 0 Å². The SMILES string of the molecule is FC(F)(F)c1cc(N(C2CC2)C2CCN(Cc3cn4c(n3)CCCC4)CC2)ncn1. The van der Waals surface area contributed by atoms with Gasteiger partial charge in [0.25, 0.3) is 0 Å². The van der Waals surface area contributed by atoms with Crippen molar-refractivity contribution in [2.45, 2.75) is 76.3 Å². The minimum absolute atomic E-state index is 0.222. The third-order valence-corrected chi connectivity index (χ3v) is 6.44. The normalized spacial score (nSPS) is 20.9. The van der Waals surface area contributed by atoms with E-state index in [4.69, 9.17) is 4.98 Å². The standard InChI is InChI=1S/C21H27F3N6/c22-21(23,24)18-11-20(26-14-25-18)30(16-4-5-16)17-6-9-28(10-7-17)12-15-13-29-8-2-1-3-19(29)27-15/h11,13-14,16-17H,1-10,12H2. The number of likely N-dealkylation sites (tertiary alicyclic amines) is 1. The summed E-state index contributed by atoms with van der Waals surface area (Å²) in [7, 11) is 0. The summed E-state index contributed by atoms with van der Waals surface area (Å²) in [6.07, 6.45) is 6.20. The zero-order valence-electron chi connectivity index (χ0n) is 17.0. The summed E-state index contributed by atoms with van der Waals surface area (Å²) in [4.78, 5) is 17.0. The van der Waals surface area contributed by atoms with Gasteiger partial charge in [-0.1, -0.05) is 0 Å². The molecule has 2 fully saturated rings. The Kier molecular flexibility index (Phi) is 5.16. The monoisotopic (exact) mass is 420 g/mol. The smallest absolute Gasteiger partial charge is 0.350 e. The Bertz CT molecular complexity index is 860. The van der Waals surface area contributed by atoms with Gasteiger partial charge >= 0.3 is 6.18 Å². The van der Waals surface area contributed by atoms with Crippen molar-refractivity contribution >= 4 is 5.82 Å². The molecular formula is C21H27F3N6. The second-order valence-corrected chi connectivity index (χ2v) is 8.70. The Labute approximate surface area is 174 Å². The lowest BCUT2D eigenvalue weighted by atomic mass is 10.0. The van der Waals surface area contributed by atoms with Crippen LogP contribution >= 0.6 is 0 Å². The van der Waals surface area contributed by atoms with Crippen LogP contribution in [0.3, 0.4) is 0 Å². The number of fused-ring (bicyclic) bond motifs is 1. The predicted octanol–water partition coefficient (Wildman–Crippen LogP) is 3.66. The van der Waals surface area contributed by atoms with E-state index in [9.17, 15) is 13.2 Å². The Balaban J connectivity index is 1.24. The van der Waals surface area contributed by atoms with Crippen molar-refractivity contribution in [3.8, 4) is 0 Å². The fourth-order valence-corrected chi connectivity index (χ4v) is 4.80. The van der Waals surface area contributed by atoms with E-state index in [0.717, 1.165) is 76.4 Å². The minimum atomic E-state index is -4.44. The van der Waals surface area contributed by atoms with Gasteiger partial charge in [-0.2, -0.15) is 13.2 Å². The topological polar surface area (TPSA) is 50.1 Å². The molecule has 6 nitrogen and oxygen atoms in total. The third-order valence-electron chi connectivity index (χ3n) is 6.44. The molecule has 2 aromatic heterocycles. The van der Waals surface area contributed by atoms with Crippen LogP contribution in [0.1, 0.15) is 55.7 Å². The fraction of sp³-hybridized carbons (Fsp3) is 0.667. The van der Waals surface area contributed by atoms with Crippen LogP contribution < -0.4 is 4.90 Å². The first-order chi connectivity index (χ1) is 14.5. The van der Waals surface area contributed by atoms with Crippen LogP contribution in [0.2, 0.25) is 0 Å². The largest absolute Gasteiger partial charge is 0.433 e. The van der Waals surface area contributed by atoms with Crippen LogP contribution in [-0.2, 0) is 25.7 Å². The van der Waals surface area contributed by atoms with Gasteiger partial charge in [0.1, 0.15) is 23.7 Å². The molecule has 1 aliphatic carbocycles. The number of hydrogen-bond donors (Lipinski definition) is 0. The molecule has 0 bridgehead atoms. The van der Waals surface area contributed by atoms with E-state index in [1.54, 1.807) is 0 Å². The molecule has 0 spiro atoms. The maximum absolute atomic E-state index is 13.1. The lowest BCUT2D eigenvalue weighted by molar-refractivity contribution is -0.141. The molecule has 4 heterocycles. The molecule has 5 rings (SSSR count). The minimum Gasteiger partial charge on any atom is -0.350 e. The Hall–Kier alpha value is -2.16. The Morgan fingerprint density at radius 3 is 2.47 bits per heavy atom. The molecule has 0 radical (unpaired) electrons. The van der Waals surface area contributed by atoms with Crippen molar-refractivity contribution in [2.75, 3.05) is 18.0 Å². The van der Waals surface area contributed by atoms with Crippen molar-refractivity contribution in [3.05, 3.63) is 35.8 Å². The van der Waals surface area contributed by atoms with Gasteiger partial charge in [-0.3, -0.25) is 4.90 Å². The first-order valence-corrected chi connectivity index (χ1v) is 10.9. The molecule has 3 aliphatic rings. The van der Waals surface area contributed by atoms with Gasteiger partial charge < -0.3 is 9.47 Å². The van der Waals surface area contributed by atoms with E-state index in [2.05, 4.69) is 30.5 Å². The fourth-order valence-electron chi connectivity index (χ4n) is 4.80. The quantitative estimate of drug-likeness (QED) is 0.739. The molecule has 9 heteroatoms. The summed E-state index contributed by atoms with van der Waals surface area (Å²) in [6, 6.07) is 1.64.